The molecule has 124 valence electrons. The molecular formula is C18H12FN3O2S. The Balaban J connectivity index is 1.65. The molecule has 2 heterocycles. The number of nitrogens with zero attached hydrogens (tertiary/aromatic N) is 2. The number of fused-ring (bicyclic) bond motifs is 3. The van der Waals surface area contributed by atoms with Gasteiger partial charge in [0.25, 0.3) is 5.56 Å². The Morgan fingerprint density at radius 3 is 2.88 bits per heavy atom. The van der Waals surface area contributed by atoms with Gasteiger partial charge in [-0.3, -0.25) is 14.2 Å². The van der Waals surface area contributed by atoms with Gasteiger partial charge >= 0.3 is 0 Å². The molecule has 25 heavy (non-hydrogen) atoms. The van der Waals surface area contributed by atoms with Crippen LogP contribution in [0, 0.1) is 5.82 Å². The van der Waals surface area contributed by atoms with Crippen molar-refractivity contribution in [2.75, 3.05) is 5.32 Å². The van der Waals surface area contributed by atoms with E-state index in [2.05, 4.69) is 10.3 Å². The van der Waals surface area contributed by atoms with Gasteiger partial charge in [0.05, 0.1) is 11.8 Å². The fraction of sp³-hybridized carbons (Fsp3) is 0.0556. The van der Waals surface area contributed by atoms with E-state index in [-0.39, 0.29) is 12.1 Å². The Morgan fingerprint density at radius 2 is 2.04 bits per heavy atom. The molecule has 0 aliphatic rings. The molecule has 4 aromatic rings. The first kappa shape index (κ1) is 15.5. The highest BCUT2D eigenvalue weighted by Gasteiger charge is 2.13. The van der Waals surface area contributed by atoms with Crippen LogP contribution in [0.25, 0.3) is 20.3 Å². The number of hydrogen-bond donors (Lipinski definition) is 1. The molecule has 7 heteroatoms. The van der Waals surface area contributed by atoms with Crippen LogP contribution in [0.3, 0.4) is 0 Å². The van der Waals surface area contributed by atoms with Crippen molar-refractivity contribution in [3.63, 3.8) is 0 Å². The van der Waals surface area contributed by atoms with Crippen molar-refractivity contribution in [1.29, 1.82) is 0 Å². The van der Waals surface area contributed by atoms with Gasteiger partial charge < -0.3 is 5.32 Å². The number of hydrogen-bond acceptors (Lipinski definition) is 4. The number of thiophene rings is 1. The molecule has 0 aliphatic heterocycles. The number of halogens is 1. The van der Waals surface area contributed by atoms with E-state index in [0.29, 0.717) is 15.9 Å². The summed E-state index contributed by atoms with van der Waals surface area (Å²) in [6.07, 6.45) is 1.37. The van der Waals surface area contributed by atoms with Gasteiger partial charge in [0.2, 0.25) is 5.91 Å². The molecule has 0 saturated carbocycles. The minimum atomic E-state index is -0.441. The molecule has 0 fully saturated rings. The molecule has 0 unspecified atom stereocenters. The monoisotopic (exact) mass is 353 g/mol. The van der Waals surface area contributed by atoms with Gasteiger partial charge in [-0.05, 0) is 24.3 Å². The molecule has 1 N–H and O–H groups in total. The summed E-state index contributed by atoms with van der Waals surface area (Å²) in [5.41, 5.74) is 0.724. The Hall–Kier alpha value is -3.06. The molecular weight excluding hydrogens is 341 g/mol. The second-order valence-corrected chi connectivity index (χ2v) is 6.56. The zero-order valence-corrected chi connectivity index (χ0v) is 13.7. The highest BCUT2D eigenvalue weighted by molar-refractivity contribution is 7.25. The summed E-state index contributed by atoms with van der Waals surface area (Å²) in [5, 5.41) is 3.50. The zero-order valence-electron chi connectivity index (χ0n) is 12.9. The highest BCUT2D eigenvalue weighted by Crippen LogP contribution is 2.29. The largest absolute Gasteiger partial charge is 0.324 e. The first-order valence-corrected chi connectivity index (χ1v) is 8.35. The van der Waals surface area contributed by atoms with E-state index in [0.717, 1.165) is 10.1 Å². The highest BCUT2D eigenvalue weighted by atomic mass is 32.1. The van der Waals surface area contributed by atoms with Crippen molar-refractivity contribution in [3.05, 3.63) is 71.0 Å². The van der Waals surface area contributed by atoms with E-state index < -0.39 is 11.7 Å². The van der Waals surface area contributed by atoms with Crippen LogP contribution >= 0.6 is 11.3 Å². The third-order valence-corrected chi connectivity index (χ3v) is 4.92. The van der Waals surface area contributed by atoms with Crippen LogP contribution in [0.2, 0.25) is 0 Å². The molecule has 0 bridgehead atoms. The fourth-order valence-electron chi connectivity index (χ4n) is 2.65. The predicted octanol–water partition coefficient (Wildman–Crippen LogP) is 3.39. The van der Waals surface area contributed by atoms with Crippen molar-refractivity contribution in [2.24, 2.45) is 0 Å². The van der Waals surface area contributed by atoms with Crippen LogP contribution in [0.15, 0.2) is 59.7 Å². The number of aromatic nitrogens is 2. The van der Waals surface area contributed by atoms with Crippen LogP contribution in [-0.4, -0.2) is 15.5 Å². The summed E-state index contributed by atoms with van der Waals surface area (Å²) in [6, 6.07) is 13.2. The summed E-state index contributed by atoms with van der Waals surface area (Å²) in [6.45, 7) is -0.188. The average molecular weight is 353 g/mol. The Morgan fingerprint density at radius 1 is 1.20 bits per heavy atom. The lowest BCUT2D eigenvalue weighted by atomic mass is 10.2. The Bertz CT molecular complexity index is 1170. The van der Waals surface area contributed by atoms with Gasteiger partial charge in [-0.15, -0.1) is 11.3 Å². The maximum Gasteiger partial charge on any atom is 0.271 e. The second-order valence-electron chi connectivity index (χ2n) is 5.51. The van der Waals surface area contributed by atoms with Crippen LogP contribution in [0.1, 0.15) is 0 Å². The number of nitrogens with one attached hydrogen (secondary N) is 1. The lowest BCUT2D eigenvalue weighted by molar-refractivity contribution is -0.116. The van der Waals surface area contributed by atoms with E-state index >= 15 is 0 Å². The topological polar surface area (TPSA) is 64.0 Å². The molecule has 2 aromatic carbocycles. The molecule has 0 radical (unpaired) electrons. The minimum absolute atomic E-state index is 0.188. The van der Waals surface area contributed by atoms with E-state index in [1.54, 1.807) is 6.07 Å². The maximum absolute atomic E-state index is 13.2. The van der Waals surface area contributed by atoms with Gasteiger partial charge in [0.1, 0.15) is 17.1 Å². The molecule has 4 rings (SSSR count). The van der Waals surface area contributed by atoms with Gasteiger partial charge in [-0.1, -0.05) is 24.3 Å². The quantitative estimate of drug-likeness (QED) is 0.614. The smallest absolute Gasteiger partial charge is 0.271 e. The zero-order chi connectivity index (χ0) is 17.4. The fourth-order valence-corrected chi connectivity index (χ4v) is 3.75. The van der Waals surface area contributed by atoms with Gasteiger partial charge in [0, 0.05) is 15.8 Å². The lowest BCUT2D eigenvalue weighted by Gasteiger charge is -2.07. The van der Waals surface area contributed by atoms with Gasteiger partial charge in [0.15, 0.2) is 0 Å². The first-order valence-electron chi connectivity index (χ1n) is 7.54. The number of carbonyl (C=O) groups excluding carboxylic acids is 1. The van der Waals surface area contributed by atoms with Crippen LogP contribution in [-0.2, 0) is 11.3 Å². The number of carbonyl (C=O) groups is 1. The third-order valence-electron chi connectivity index (χ3n) is 3.77. The predicted molar refractivity (Wildman–Crippen MR) is 96.4 cm³/mol. The summed E-state index contributed by atoms with van der Waals surface area (Å²) in [5.74, 6) is -0.863. The molecule has 0 aliphatic carbocycles. The summed E-state index contributed by atoms with van der Waals surface area (Å²) >= 11 is 1.36. The van der Waals surface area contributed by atoms with Crippen LogP contribution in [0.5, 0.6) is 0 Å². The summed E-state index contributed by atoms with van der Waals surface area (Å²) in [4.78, 5) is 29.1. The van der Waals surface area contributed by atoms with Crippen LogP contribution in [0.4, 0.5) is 10.1 Å². The Kier molecular flexibility index (Phi) is 3.77. The van der Waals surface area contributed by atoms with Crippen molar-refractivity contribution in [1.82, 2.24) is 9.55 Å². The number of benzene rings is 2. The standard InChI is InChI=1S/C18H12FN3O2S/c19-11-4-3-5-12(8-11)21-15(23)9-22-10-20-16-13-6-1-2-7-14(13)25-17(16)18(22)24/h1-8,10H,9H2,(H,21,23). The van der Waals surface area contributed by atoms with Crippen molar-refractivity contribution in [2.45, 2.75) is 6.54 Å². The van der Waals surface area contributed by atoms with Gasteiger partial charge in [-0.25, -0.2) is 9.37 Å². The number of anilines is 1. The summed E-state index contributed by atoms with van der Waals surface area (Å²) < 4.78 is 15.9. The van der Waals surface area contributed by atoms with E-state index in [4.69, 9.17) is 0 Å². The SMILES string of the molecule is O=C(Cn1cnc2c(sc3ccccc32)c1=O)Nc1cccc(F)c1. The van der Waals surface area contributed by atoms with Crippen LogP contribution < -0.4 is 10.9 Å². The molecule has 5 nitrogen and oxygen atoms in total. The lowest BCUT2D eigenvalue weighted by Crippen LogP contribution is -2.27. The van der Waals surface area contributed by atoms with Crippen molar-refractivity contribution in [3.8, 4) is 0 Å². The van der Waals surface area contributed by atoms with E-state index in [1.807, 2.05) is 24.3 Å². The van der Waals surface area contributed by atoms with E-state index in [1.165, 1.54) is 40.4 Å². The Labute approximate surface area is 145 Å². The molecule has 0 spiro atoms. The minimum Gasteiger partial charge on any atom is -0.324 e. The average Bonchev–Trinajstić information content (AvgIpc) is 2.97. The van der Waals surface area contributed by atoms with Crippen molar-refractivity contribution < 1.29 is 9.18 Å². The van der Waals surface area contributed by atoms with Gasteiger partial charge in [-0.2, -0.15) is 0 Å². The first-order chi connectivity index (χ1) is 12.1. The second kappa shape index (κ2) is 6.10. The molecule has 0 atom stereocenters. The number of rotatable bonds is 3. The van der Waals surface area contributed by atoms with E-state index in [9.17, 15) is 14.0 Å². The maximum atomic E-state index is 13.2. The molecule has 0 saturated heterocycles. The third kappa shape index (κ3) is 2.89. The molecule has 2 aromatic heterocycles. The molecule has 1 amide bonds. The number of amides is 1. The van der Waals surface area contributed by atoms with Crippen molar-refractivity contribution >= 4 is 43.2 Å². The summed E-state index contributed by atoms with van der Waals surface area (Å²) in [7, 11) is 0. The normalized spacial score (nSPS) is 11.1.